The lowest BCUT2D eigenvalue weighted by Crippen LogP contribution is -1.81. The summed E-state index contributed by atoms with van der Waals surface area (Å²) in [4.78, 5) is 0. The standard InChI is InChI=1S/C10H9N3/c1-7-3-2-4-8-9(5-6-11)12-13-10(7)8/h2-4H,5H2,1H3,(H,12,13). The van der Waals surface area contributed by atoms with Crippen LogP contribution in [-0.2, 0) is 6.42 Å². The summed E-state index contributed by atoms with van der Waals surface area (Å²) in [6.07, 6.45) is 0.389. The van der Waals surface area contributed by atoms with E-state index in [4.69, 9.17) is 5.26 Å². The molecular weight excluding hydrogens is 162 g/mol. The van der Waals surface area contributed by atoms with E-state index in [1.54, 1.807) is 0 Å². The number of aromatic nitrogens is 2. The highest BCUT2D eigenvalue weighted by molar-refractivity contribution is 5.84. The number of fused-ring (bicyclic) bond motifs is 1. The second-order valence-electron chi connectivity index (χ2n) is 3.01. The van der Waals surface area contributed by atoms with E-state index in [9.17, 15) is 0 Å². The molecule has 3 heteroatoms. The van der Waals surface area contributed by atoms with Crippen LogP contribution in [0.25, 0.3) is 10.9 Å². The summed E-state index contributed by atoms with van der Waals surface area (Å²) in [5, 5.41) is 16.7. The summed E-state index contributed by atoms with van der Waals surface area (Å²) >= 11 is 0. The zero-order valence-corrected chi connectivity index (χ0v) is 7.33. The SMILES string of the molecule is Cc1cccc2c(CC#N)[nH]nc12. The van der Waals surface area contributed by atoms with Gasteiger partial charge in [0.15, 0.2) is 0 Å². The van der Waals surface area contributed by atoms with Gasteiger partial charge in [-0.25, -0.2) is 0 Å². The number of nitrogens with zero attached hydrogens (tertiary/aromatic N) is 2. The third-order valence-electron chi connectivity index (χ3n) is 2.12. The molecule has 13 heavy (non-hydrogen) atoms. The predicted octanol–water partition coefficient (Wildman–Crippen LogP) is 1.94. The van der Waals surface area contributed by atoms with Gasteiger partial charge in [0.2, 0.25) is 0 Å². The van der Waals surface area contributed by atoms with E-state index in [1.807, 2.05) is 25.1 Å². The Bertz CT molecular complexity index is 476. The Hall–Kier alpha value is -1.82. The number of rotatable bonds is 1. The lowest BCUT2D eigenvalue weighted by molar-refractivity contribution is 1.03. The van der Waals surface area contributed by atoms with Gasteiger partial charge >= 0.3 is 0 Å². The van der Waals surface area contributed by atoms with Crippen molar-refractivity contribution in [1.29, 1.82) is 5.26 Å². The van der Waals surface area contributed by atoms with Crippen LogP contribution >= 0.6 is 0 Å². The number of nitriles is 1. The number of aromatic amines is 1. The maximum atomic E-state index is 8.57. The minimum absolute atomic E-state index is 0.389. The van der Waals surface area contributed by atoms with E-state index in [-0.39, 0.29) is 0 Å². The zero-order valence-electron chi connectivity index (χ0n) is 7.33. The third-order valence-corrected chi connectivity index (χ3v) is 2.12. The molecule has 2 rings (SSSR count). The second kappa shape index (κ2) is 2.91. The molecule has 1 N–H and O–H groups in total. The quantitative estimate of drug-likeness (QED) is 0.712. The fraction of sp³-hybridized carbons (Fsp3) is 0.200. The van der Waals surface area contributed by atoms with Crippen LogP contribution < -0.4 is 0 Å². The molecule has 64 valence electrons. The number of benzene rings is 1. The van der Waals surface area contributed by atoms with Crippen molar-refractivity contribution in [2.45, 2.75) is 13.3 Å². The van der Waals surface area contributed by atoms with E-state index in [2.05, 4.69) is 16.3 Å². The van der Waals surface area contributed by atoms with Gasteiger partial charge in [-0.05, 0) is 12.5 Å². The third kappa shape index (κ3) is 1.17. The lowest BCUT2D eigenvalue weighted by Gasteiger charge is -1.92. The van der Waals surface area contributed by atoms with Crippen LogP contribution in [-0.4, -0.2) is 10.2 Å². The fourth-order valence-electron chi connectivity index (χ4n) is 1.45. The van der Waals surface area contributed by atoms with Gasteiger partial charge in [-0.3, -0.25) is 5.10 Å². The van der Waals surface area contributed by atoms with Crippen molar-refractivity contribution in [2.24, 2.45) is 0 Å². The van der Waals surface area contributed by atoms with Gasteiger partial charge < -0.3 is 0 Å². The maximum Gasteiger partial charge on any atom is 0.0953 e. The minimum Gasteiger partial charge on any atom is -0.280 e. The summed E-state index contributed by atoms with van der Waals surface area (Å²) in [6, 6.07) is 8.09. The maximum absolute atomic E-state index is 8.57. The summed E-state index contributed by atoms with van der Waals surface area (Å²) in [5.41, 5.74) is 3.01. The Balaban J connectivity index is 2.70. The molecular formula is C10H9N3. The van der Waals surface area contributed by atoms with Crippen LogP contribution in [0.5, 0.6) is 0 Å². The van der Waals surface area contributed by atoms with Crippen molar-refractivity contribution in [2.75, 3.05) is 0 Å². The first-order valence-electron chi connectivity index (χ1n) is 4.12. The van der Waals surface area contributed by atoms with Crippen LogP contribution in [0.1, 0.15) is 11.3 Å². The fourth-order valence-corrected chi connectivity index (χ4v) is 1.45. The molecule has 0 aliphatic heterocycles. The number of hydrogen-bond donors (Lipinski definition) is 1. The number of nitrogens with one attached hydrogen (secondary N) is 1. The zero-order chi connectivity index (χ0) is 9.26. The molecule has 0 aliphatic carbocycles. The molecule has 0 bridgehead atoms. The molecule has 0 radical (unpaired) electrons. The van der Waals surface area contributed by atoms with Crippen molar-refractivity contribution >= 4 is 10.9 Å². The monoisotopic (exact) mass is 171 g/mol. The molecule has 0 saturated heterocycles. The summed E-state index contributed by atoms with van der Waals surface area (Å²) in [5.74, 6) is 0. The molecule has 1 heterocycles. The van der Waals surface area contributed by atoms with Gasteiger partial charge in [-0.15, -0.1) is 0 Å². The van der Waals surface area contributed by atoms with Gasteiger partial charge in [0.05, 0.1) is 23.7 Å². The van der Waals surface area contributed by atoms with Crippen LogP contribution in [0.3, 0.4) is 0 Å². The molecule has 0 aliphatic rings. The highest BCUT2D eigenvalue weighted by Crippen LogP contribution is 2.18. The van der Waals surface area contributed by atoms with Crippen LogP contribution in [0.2, 0.25) is 0 Å². The molecule has 1 aromatic heterocycles. The van der Waals surface area contributed by atoms with Crippen molar-refractivity contribution in [3.63, 3.8) is 0 Å². The minimum atomic E-state index is 0.389. The van der Waals surface area contributed by atoms with Gasteiger partial charge in [0.25, 0.3) is 0 Å². The first-order chi connectivity index (χ1) is 6.33. The Morgan fingerprint density at radius 1 is 1.54 bits per heavy atom. The van der Waals surface area contributed by atoms with E-state index in [1.165, 1.54) is 0 Å². The van der Waals surface area contributed by atoms with Crippen molar-refractivity contribution < 1.29 is 0 Å². The van der Waals surface area contributed by atoms with Gasteiger partial charge in [-0.1, -0.05) is 18.2 Å². The average Bonchev–Trinajstić information content (AvgIpc) is 2.51. The molecule has 0 amide bonds. The van der Waals surface area contributed by atoms with E-state index in [0.29, 0.717) is 6.42 Å². The molecule has 1 aromatic carbocycles. The van der Waals surface area contributed by atoms with Gasteiger partial charge in [-0.2, -0.15) is 10.4 Å². The van der Waals surface area contributed by atoms with E-state index < -0.39 is 0 Å². The Morgan fingerprint density at radius 2 is 2.38 bits per heavy atom. The van der Waals surface area contributed by atoms with Gasteiger partial charge in [0, 0.05) is 5.39 Å². The summed E-state index contributed by atoms with van der Waals surface area (Å²) < 4.78 is 0. The Labute approximate surface area is 76.0 Å². The Kier molecular flexibility index (Phi) is 1.75. The highest BCUT2D eigenvalue weighted by atomic mass is 15.1. The van der Waals surface area contributed by atoms with E-state index in [0.717, 1.165) is 22.2 Å². The van der Waals surface area contributed by atoms with Crippen LogP contribution in [0.4, 0.5) is 0 Å². The number of H-pyrrole nitrogens is 1. The average molecular weight is 171 g/mol. The van der Waals surface area contributed by atoms with Crippen LogP contribution in [0, 0.1) is 18.3 Å². The molecule has 2 aromatic rings. The first-order valence-corrected chi connectivity index (χ1v) is 4.12. The molecule has 0 saturated carbocycles. The summed E-state index contributed by atoms with van der Waals surface area (Å²) in [7, 11) is 0. The van der Waals surface area contributed by atoms with E-state index >= 15 is 0 Å². The first kappa shape index (κ1) is 7.81. The van der Waals surface area contributed by atoms with Crippen LogP contribution in [0.15, 0.2) is 18.2 Å². The molecule has 0 spiro atoms. The summed E-state index contributed by atoms with van der Waals surface area (Å²) in [6.45, 7) is 2.01. The van der Waals surface area contributed by atoms with Crippen molar-refractivity contribution in [3.05, 3.63) is 29.5 Å². The molecule has 0 unspecified atom stereocenters. The second-order valence-corrected chi connectivity index (χ2v) is 3.01. The molecule has 0 fully saturated rings. The molecule has 3 nitrogen and oxygen atoms in total. The topological polar surface area (TPSA) is 52.5 Å². The number of para-hydroxylation sites is 1. The number of aryl methyl sites for hydroxylation is 1. The highest BCUT2D eigenvalue weighted by Gasteiger charge is 2.05. The smallest absolute Gasteiger partial charge is 0.0953 e. The molecule has 0 atom stereocenters. The normalized spacial score (nSPS) is 10.2. The largest absolute Gasteiger partial charge is 0.280 e. The lowest BCUT2D eigenvalue weighted by atomic mass is 10.1. The number of hydrogen-bond acceptors (Lipinski definition) is 2. The van der Waals surface area contributed by atoms with Gasteiger partial charge in [0.1, 0.15) is 0 Å². The van der Waals surface area contributed by atoms with Crippen molar-refractivity contribution in [1.82, 2.24) is 10.2 Å². The van der Waals surface area contributed by atoms with Crippen molar-refractivity contribution in [3.8, 4) is 6.07 Å². The Morgan fingerprint density at radius 3 is 3.15 bits per heavy atom. The predicted molar refractivity (Wildman–Crippen MR) is 50.1 cm³/mol.